The number of esters is 1. The molecular formula is C22H26N2O6S. The highest BCUT2D eigenvalue weighted by atomic mass is 32.2. The molecule has 2 aromatic rings. The van der Waals surface area contributed by atoms with E-state index in [1.54, 1.807) is 29.2 Å². The molecule has 1 amide bonds. The van der Waals surface area contributed by atoms with Crippen LogP contribution in [0.5, 0.6) is 5.75 Å². The zero-order chi connectivity index (χ0) is 22.3. The van der Waals surface area contributed by atoms with Gasteiger partial charge in [0.2, 0.25) is 0 Å². The van der Waals surface area contributed by atoms with Gasteiger partial charge in [0.05, 0.1) is 23.3 Å². The van der Waals surface area contributed by atoms with Gasteiger partial charge in [-0.1, -0.05) is 25.0 Å². The number of sulfonamides is 1. The van der Waals surface area contributed by atoms with Gasteiger partial charge < -0.3 is 14.4 Å². The Morgan fingerprint density at radius 3 is 2.26 bits per heavy atom. The Balaban J connectivity index is 1.61. The first kappa shape index (κ1) is 22.6. The van der Waals surface area contributed by atoms with Crippen LogP contribution < -0.4 is 9.46 Å². The molecule has 31 heavy (non-hydrogen) atoms. The number of benzene rings is 2. The average molecular weight is 447 g/mol. The lowest BCUT2D eigenvalue weighted by molar-refractivity contribution is -0.134. The van der Waals surface area contributed by atoms with Crippen LogP contribution in [0.2, 0.25) is 0 Å². The smallest absolute Gasteiger partial charge is 0.338 e. The average Bonchev–Trinajstić information content (AvgIpc) is 3.07. The number of hydrogen-bond acceptors (Lipinski definition) is 6. The molecule has 1 fully saturated rings. The Morgan fingerprint density at radius 2 is 1.61 bits per heavy atom. The number of anilines is 1. The Bertz CT molecular complexity index is 1010. The number of hydrogen-bond donors (Lipinski definition) is 1. The zero-order valence-corrected chi connectivity index (χ0v) is 18.2. The summed E-state index contributed by atoms with van der Waals surface area (Å²) in [6, 6.07) is 12.0. The number of nitrogens with zero attached hydrogens (tertiary/aromatic N) is 1. The van der Waals surface area contributed by atoms with Gasteiger partial charge in [-0.05, 0) is 49.2 Å². The van der Waals surface area contributed by atoms with Crippen molar-refractivity contribution in [3.63, 3.8) is 0 Å². The lowest BCUT2D eigenvalue weighted by atomic mass is 10.2. The summed E-state index contributed by atoms with van der Waals surface area (Å²) in [6.45, 7) is 1.04. The summed E-state index contributed by atoms with van der Waals surface area (Å²) in [6.07, 6.45) is 4.12. The van der Waals surface area contributed by atoms with E-state index in [9.17, 15) is 18.0 Å². The second kappa shape index (κ2) is 10.3. The van der Waals surface area contributed by atoms with Gasteiger partial charge in [-0.3, -0.25) is 9.52 Å². The van der Waals surface area contributed by atoms with Crippen molar-refractivity contribution in [1.29, 1.82) is 0 Å². The molecule has 0 radical (unpaired) electrons. The maximum absolute atomic E-state index is 12.6. The first-order valence-electron chi connectivity index (χ1n) is 10.1. The Hall–Kier alpha value is -3.07. The molecule has 1 aliphatic rings. The first-order chi connectivity index (χ1) is 14.9. The van der Waals surface area contributed by atoms with Crippen LogP contribution in [0.15, 0.2) is 53.4 Å². The van der Waals surface area contributed by atoms with Crippen molar-refractivity contribution in [2.24, 2.45) is 0 Å². The third-order valence-electron chi connectivity index (χ3n) is 5.04. The first-order valence-corrected chi connectivity index (χ1v) is 11.6. The Labute approximate surface area is 182 Å². The standard InChI is InChI=1S/C22H26N2O6S/c1-29-20-9-5-4-8-19(20)23-31(27,28)18-12-10-17(11-13-18)22(26)30-16-21(25)24-14-6-2-3-7-15-24/h4-5,8-13,23H,2-3,6-7,14-16H2,1H3. The van der Waals surface area contributed by atoms with Crippen LogP contribution in [0.3, 0.4) is 0 Å². The molecule has 9 heteroatoms. The van der Waals surface area contributed by atoms with E-state index in [0.29, 0.717) is 24.5 Å². The highest BCUT2D eigenvalue weighted by Gasteiger charge is 2.20. The number of amides is 1. The fraction of sp³-hybridized carbons (Fsp3) is 0.364. The molecule has 0 saturated carbocycles. The monoisotopic (exact) mass is 446 g/mol. The van der Waals surface area contributed by atoms with Crippen molar-refractivity contribution >= 4 is 27.6 Å². The summed E-state index contributed by atoms with van der Waals surface area (Å²) in [7, 11) is -2.43. The number of para-hydroxylation sites is 2. The van der Waals surface area contributed by atoms with Crippen LogP contribution in [0.1, 0.15) is 36.0 Å². The summed E-state index contributed by atoms with van der Waals surface area (Å²) in [5, 5.41) is 0. The molecule has 166 valence electrons. The van der Waals surface area contributed by atoms with E-state index in [2.05, 4.69) is 4.72 Å². The molecular weight excluding hydrogens is 420 g/mol. The highest BCUT2D eigenvalue weighted by Crippen LogP contribution is 2.26. The summed E-state index contributed by atoms with van der Waals surface area (Å²) in [5.41, 5.74) is 0.473. The number of carbonyl (C=O) groups is 2. The van der Waals surface area contributed by atoms with E-state index in [0.717, 1.165) is 25.7 Å². The van der Waals surface area contributed by atoms with Gasteiger partial charge in [0.25, 0.3) is 15.9 Å². The number of nitrogens with one attached hydrogen (secondary N) is 1. The van der Waals surface area contributed by atoms with Crippen LogP contribution in [0, 0.1) is 0 Å². The molecule has 0 aliphatic carbocycles. The molecule has 0 aromatic heterocycles. The van der Waals surface area contributed by atoms with Gasteiger partial charge >= 0.3 is 5.97 Å². The minimum Gasteiger partial charge on any atom is -0.495 e. The third kappa shape index (κ3) is 5.97. The molecule has 0 spiro atoms. The molecule has 1 saturated heterocycles. The number of rotatable bonds is 7. The topological polar surface area (TPSA) is 102 Å². The minimum atomic E-state index is -3.87. The van der Waals surface area contributed by atoms with E-state index in [1.807, 2.05) is 0 Å². The van der Waals surface area contributed by atoms with Crippen molar-refractivity contribution in [2.75, 3.05) is 31.5 Å². The summed E-state index contributed by atoms with van der Waals surface area (Å²) in [5.74, 6) is -0.499. The molecule has 2 aromatic carbocycles. The van der Waals surface area contributed by atoms with Gasteiger partial charge in [-0.25, -0.2) is 13.2 Å². The Kier molecular flexibility index (Phi) is 7.51. The summed E-state index contributed by atoms with van der Waals surface area (Å²) in [4.78, 5) is 26.2. The molecule has 0 bridgehead atoms. The molecule has 1 N–H and O–H groups in total. The highest BCUT2D eigenvalue weighted by molar-refractivity contribution is 7.92. The lowest BCUT2D eigenvalue weighted by Gasteiger charge is -2.19. The normalized spacial score (nSPS) is 14.4. The maximum Gasteiger partial charge on any atom is 0.338 e. The van der Waals surface area contributed by atoms with Crippen molar-refractivity contribution in [2.45, 2.75) is 30.6 Å². The quantitative estimate of drug-likeness (QED) is 0.656. The van der Waals surface area contributed by atoms with Crippen molar-refractivity contribution < 1.29 is 27.5 Å². The zero-order valence-electron chi connectivity index (χ0n) is 17.4. The van der Waals surface area contributed by atoms with E-state index in [-0.39, 0.29) is 23.0 Å². The van der Waals surface area contributed by atoms with Gasteiger partial charge in [0, 0.05) is 13.1 Å². The van der Waals surface area contributed by atoms with Crippen molar-refractivity contribution in [1.82, 2.24) is 4.90 Å². The van der Waals surface area contributed by atoms with Gasteiger partial charge in [-0.15, -0.1) is 0 Å². The summed E-state index contributed by atoms with van der Waals surface area (Å²) >= 11 is 0. The van der Waals surface area contributed by atoms with Crippen LogP contribution in [-0.2, 0) is 19.6 Å². The van der Waals surface area contributed by atoms with Gasteiger partial charge in [0.15, 0.2) is 6.61 Å². The maximum atomic E-state index is 12.6. The molecule has 0 unspecified atom stereocenters. The fourth-order valence-electron chi connectivity index (χ4n) is 3.32. The number of carbonyl (C=O) groups excluding carboxylic acids is 2. The van der Waals surface area contributed by atoms with E-state index >= 15 is 0 Å². The largest absolute Gasteiger partial charge is 0.495 e. The number of likely N-dealkylation sites (tertiary alicyclic amines) is 1. The third-order valence-corrected chi connectivity index (χ3v) is 6.42. The molecule has 1 heterocycles. The summed E-state index contributed by atoms with van der Waals surface area (Å²) < 4.78 is 38.0. The number of ether oxygens (including phenoxy) is 2. The van der Waals surface area contributed by atoms with Crippen LogP contribution >= 0.6 is 0 Å². The predicted molar refractivity (Wildman–Crippen MR) is 116 cm³/mol. The number of methoxy groups -OCH3 is 1. The second-order valence-electron chi connectivity index (χ2n) is 7.20. The van der Waals surface area contributed by atoms with Crippen molar-refractivity contribution in [3.05, 3.63) is 54.1 Å². The minimum absolute atomic E-state index is 0.0180. The second-order valence-corrected chi connectivity index (χ2v) is 8.88. The van der Waals surface area contributed by atoms with E-state index in [4.69, 9.17) is 9.47 Å². The SMILES string of the molecule is COc1ccccc1NS(=O)(=O)c1ccc(C(=O)OCC(=O)N2CCCCCC2)cc1. The van der Waals surface area contributed by atoms with Gasteiger partial charge in [0.1, 0.15) is 5.75 Å². The van der Waals surface area contributed by atoms with E-state index in [1.165, 1.54) is 31.4 Å². The van der Waals surface area contributed by atoms with Crippen LogP contribution in [-0.4, -0.2) is 52.0 Å². The van der Waals surface area contributed by atoms with E-state index < -0.39 is 16.0 Å². The van der Waals surface area contributed by atoms with Crippen LogP contribution in [0.25, 0.3) is 0 Å². The molecule has 1 aliphatic heterocycles. The molecule has 0 atom stereocenters. The van der Waals surface area contributed by atoms with Gasteiger partial charge in [-0.2, -0.15) is 0 Å². The van der Waals surface area contributed by atoms with Crippen LogP contribution in [0.4, 0.5) is 5.69 Å². The van der Waals surface area contributed by atoms with Crippen molar-refractivity contribution in [3.8, 4) is 5.75 Å². The predicted octanol–water partition coefficient (Wildman–Crippen LogP) is 3.06. The lowest BCUT2D eigenvalue weighted by Crippen LogP contribution is -2.35. The Morgan fingerprint density at radius 1 is 0.968 bits per heavy atom. The molecule has 3 rings (SSSR count). The molecule has 8 nitrogen and oxygen atoms in total. The fourth-order valence-corrected chi connectivity index (χ4v) is 4.40.